The lowest BCUT2D eigenvalue weighted by Crippen LogP contribution is -2.50. The Labute approximate surface area is 186 Å². The zero-order valence-corrected chi connectivity index (χ0v) is 19.0. The van der Waals surface area contributed by atoms with Crippen molar-refractivity contribution < 1.29 is 13.2 Å². The highest BCUT2D eigenvalue weighted by Crippen LogP contribution is 2.21. The largest absolute Gasteiger partial charge is 0.340 e. The van der Waals surface area contributed by atoms with Crippen LogP contribution < -0.4 is 0 Å². The molecule has 0 aromatic heterocycles. The fourth-order valence-corrected chi connectivity index (χ4v) is 5.34. The molecule has 1 aliphatic rings. The van der Waals surface area contributed by atoms with Crippen LogP contribution in [0.2, 0.25) is 0 Å². The summed E-state index contributed by atoms with van der Waals surface area (Å²) in [7, 11) is -3.74. The number of sulfonamides is 1. The molecule has 0 aliphatic carbocycles. The minimum Gasteiger partial charge on any atom is -0.340 e. The molecular weight excluding hydrogens is 466 g/mol. The number of rotatable bonds is 7. The average Bonchev–Trinajstić information content (AvgIpc) is 2.77. The number of amides is 1. The Balaban J connectivity index is 1.47. The summed E-state index contributed by atoms with van der Waals surface area (Å²) in [4.78, 5) is 14.3. The van der Waals surface area contributed by atoms with E-state index in [1.54, 1.807) is 17.0 Å². The maximum Gasteiger partial charge on any atom is 0.244 e. The first-order valence-electron chi connectivity index (χ1n) is 9.93. The van der Waals surface area contributed by atoms with Crippen molar-refractivity contribution in [3.8, 4) is 6.07 Å². The molecule has 0 saturated carbocycles. The third kappa shape index (κ3) is 5.48. The van der Waals surface area contributed by atoms with Gasteiger partial charge in [-0.2, -0.15) is 9.57 Å². The molecule has 0 spiro atoms. The number of aryl methyl sites for hydroxylation is 1. The Morgan fingerprint density at radius 3 is 2.33 bits per heavy atom. The molecule has 0 N–H and O–H groups in total. The Kier molecular flexibility index (Phi) is 7.64. The van der Waals surface area contributed by atoms with Crippen molar-refractivity contribution in [2.75, 3.05) is 26.2 Å². The highest BCUT2D eigenvalue weighted by Gasteiger charge is 2.31. The normalized spacial score (nSPS) is 15.0. The smallest absolute Gasteiger partial charge is 0.244 e. The molecule has 6 nitrogen and oxygen atoms in total. The summed E-state index contributed by atoms with van der Waals surface area (Å²) in [6, 6.07) is 16.3. The van der Waals surface area contributed by atoms with Crippen molar-refractivity contribution in [2.45, 2.75) is 30.6 Å². The highest BCUT2D eigenvalue weighted by molar-refractivity contribution is 9.10. The molecule has 3 rings (SSSR count). The topological polar surface area (TPSA) is 81.5 Å². The number of carbonyl (C=O) groups excluding carboxylic acids is 1. The molecule has 30 heavy (non-hydrogen) atoms. The standard InChI is InChI=1S/C22H24BrN3O3S/c23-20-11-9-18(10-12-20)5-1-4-8-22(27)25-13-15-26(16-14-25)30(28,29)21-7-3-2-6-19(21)17-24/h2-3,6-7,9-12H,1,4-5,8,13-16H2. The second-order valence-corrected chi connectivity index (χ2v) is 10.0. The first-order valence-corrected chi connectivity index (χ1v) is 12.2. The molecule has 1 aliphatic heterocycles. The number of piperazine rings is 1. The Bertz CT molecular complexity index is 1020. The van der Waals surface area contributed by atoms with E-state index in [1.807, 2.05) is 18.2 Å². The van der Waals surface area contributed by atoms with Crippen molar-refractivity contribution in [3.63, 3.8) is 0 Å². The van der Waals surface area contributed by atoms with Gasteiger partial charge in [0.2, 0.25) is 15.9 Å². The highest BCUT2D eigenvalue weighted by atomic mass is 79.9. The molecule has 0 radical (unpaired) electrons. The Hall–Kier alpha value is -2.21. The van der Waals surface area contributed by atoms with Crippen LogP contribution >= 0.6 is 15.9 Å². The van der Waals surface area contributed by atoms with Crippen LogP contribution in [-0.2, 0) is 21.2 Å². The summed E-state index contributed by atoms with van der Waals surface area (Å²) in [5.74, 6) is 0.0697. The lowest BCUT2D eigenvalue weighted by molar-refractivity contribution is -0.132. The van der Waals surface area contributed by atoms with Crippen LogP contribution in [0, 0.1) is 11.3 Å². The molecule has 2 aromatic carbocycles. The van der Waals surface area contributed by atoms with Gasteiger partial charge in [-0.15, -0.1) is 0 Å². The minimum atomic E-state index is -3.74. The van der Waals surface area contributed by atoms with E-state index in [-0.39, 0.29) is 29.5 Å². The maximum absolute atomic E-state index is 12.9. The summed E-state index contributed by atoms with van der Waals surface area (Å²) in [6.45, 7) is 1.23. The quantitative estimate of drug-likeness (QED) is 0.556. The molecular formula is C22H24BrN3O3S. The summed E-state index contributed by atoms with van der Waals surface area (Å²) >= 11 is 3.42. The van der Waals surface area contributed by atoms with Crippen molar-refractivity contribution in [2.24, 2.45) is 0 Å². The zero-order chi connectivity index (χ0) is 21.6. The Morgan fingerprint density at radius 2 is 1.67 bits per heavy atom. The van der Waals surface area contributed by atoms with Crippen LogP contribution in [0.15, 0.2) is 57.9 Å². The number of hydrogen-bond acceptors (Lipinski definition) is 4. The van der Waals surface area contributed by atoms with E-state index in [2.05, 4.69) is 28.1 Å². The number of carbonyl (C=O) groups is 1. The molecule has 8 heteroatoms. The zero-order valence-electron chi connectivity index (χ0n) is 16.6. The minimum absolute atomic E-state index is 0.0280. The van der Waals surface area contributed by atoms with Crippen LogP contribution in [0.25, 0.3) is 0 Å². The van der Waals surface area contributed by atoms with Gasteiger partial charge in [0.25, 0.3) is 0 Å². The predicted octanol–water partition coefficient (Wildman–Crippen LogP) is 3.57. The van der Waals surface area contributed by atoms with Gasteiger partial charge in [-0.05, 0) is 49.1 Å². The average molecular weight is 490 g/mol. The van der Waals surface area contributed by atoms with Crippen molar-refractivity contribution in [3.05, 3.63) is 64.1 Å². The molecule has 1 heterocycles. The molecule has 1 saturated heterocycles. The monoisotopic (exact) mass is 489 g/mol. The lowest BCUT2D eigenvalue weighted by atomic mass is 10.1. The van der Waals surface area contributed by atoms with Gasteiger partial charge in [0, 0.05) is 37.1 Å². The molecule has 2 aromatic rings. The summed E-state index contributed by atoms with van der Waals surface area (Å²) < 4.78 is 28.2. The van der Waals surface area contributed by atoms with Gasteiger partial charge in [-0.3, -0.25) is 4.79 Å². The van der Waals surface area contributed by atoms with E-state index in [1.165, 1.54) is 22.0 Å². The summed E-state index contributed by atoms with van der Waals surface area (Å²) in [5, 5.41) is 9.19. The molecule has 0 atom stereocenters. The first kappa shape index (κ1) is 22.5. The number of nitrogens with zero attached hydrogens (tertiary/aromatic N) is 3. The number of benzene rings is 2. The van der Waals surface area contributed by atoms with E-state index in [9.17, 15) is 18.5 Å². The molecule has 1 amide bonds. The van der Waals surface area contributed by atoms with E-state index >= 15 is 0 Å². The van der Waals surface area contributed by atoms with E-state index < -0.39 is 10.0 Å². The second-order valence-electron chi connectivity index (χ2n) is 7.23. The lowest BCUT2D eigenvalue weighted by Gasteiger charge is -2.34. The third-order valence-corrected chi connectivity index (χ3v) is 7.72. The SMILES string of the molecule is N#Cc1ccccc1S(=O)(=O)N1CCN(C(=O)CCCCc2ccc(Br)cc2)CC1. The van der Waals surface area contributed by atoms with Crippen LogP contribution in [0.5, 0.6) is 0 Å². The molecule has 158 valence electrons. The van der Waals surface area contributed by atoms with Gasteiger partial charge in [0.15, 0.2) is 0 Å². The van der Waals surface area contributed by atoms with Crippen molar-refractivity contribution in [1.29, 1.82) is 5.26 Å². The van der Waals surface area contributed by atoms with Crippen LogP contribution in [-0.4, -0.2) is 49.7 Å². The van der Waals surface area contributed by atoms with Gasteiger partial charge in [-0.25, -0.2) is 8.42 Å². The predicted molar refractivity (Wildman–Crippen MR) is 118 cm³/mol. The van der Waals surface area contributed by atoms with Crippen LogP contribution in [0.4, 0.5) is 0 Å². The molecule has 1 fully saturated rings. The summed E-state index contributed by atoms with van der Waals surface area (Å²) in [6.07, 6.45) is 3.15. The van der Waals surface area contributed by atoms with E-state index in [0.29, 0.717) is 19.5 Å². The third-order valence-electron chi connectivity index (χ3n) is 5.24. The summed E-state index contributed by atoms with van der Waals surface area (Å²) in [5.41, 5.74) is 1.39. The van der Waals surface area contributed by atoms with Gasteiger partial charge >= 0.3 is 0 Å². The fraction of sp³-hybridized carbons (Fsp3) is 0.364. The second kappa shape index (κ2) is 10.2. The van der Waals surface area contributed by atoms with Gasteiger partial charge in [-0.1, -0.05) is 40.2 Å². The van der Waals surface area contributed by atoms with Gasteiger partial charge in [0.05, 0.1) is 10.5 Å². The fourth-order valence-electron chi connectivity index (χ4n) is 3.52. The van der Waals surface area contributed by atoms with Crippen LogP contribution in [0.1, 0.15) is 30.4 Å². The number of nitriles is 1. The maximum atomic E-state index is 12.9. The number of halogens is 1. The van der Waals surface area contributed by atoms with Crippen LogP contribution in [0.3, 0.4) is 0 Å². The Morgan fingerprint density at radius 1 is 1.00 bits per heavy atom. The number of unbranched alkanes of at least 4 members (excludes halogenated alkanes) is 1. The van der Waals surface area contributed by atoms with Crippen molar-refractivity contribution >= 4 is 31.9 Å². The molecule has 0 bridgehead atoms. The van der Waals surface area contributed by atoms with E-state index in [0.717, 1.165) is 23.7 Å². The molecule has 0 unspecified atom stereocenters. The van der Waals surface area contributed by atoms with Gasteiger partial charge in [0.1, 0.15) is 6.07 Å². The number of hydrogen-bond donors (Lipinski definition) is 0. The van der Waals surface area contributed by atoms with Crippen molar-refractivity contribution in [1.82, 2.24) is 9.21 Å². The van der Waals surface area contributed by atoms with E-state index in [4.69, 9.17) is 0 Å². The first-order chi connectivity index (χ1) is 14.4. The van der Waals surface area contributed by atoms with Gasteiger partial charge < -0.3 is 4.90 Å².